The maximum absolute atomic E-state index is 9.69. The molecule has 0 aliphatic carbocycles. The first-order valence-corrected chi connectivity index (χ1v) is 7.63. The molecule has 0 unspecified atom stereocenters. The second kappa shape index (κ2) is 7.38. The summed E-state index contributed by atoms with van der Waals surface area (Å²) >= 11 is 0. The Morgan fingerprint density at radius 3 is 2.26 bits per heavy atom. The molecular formula is C19H25NO3. The van der Waals surface area contributed by atoms with E-state index in [1.807, 2.05) is 51.0 Å². The van der Waals surface area contributed by atoms with Crippen molar-refractivity contribution in [2.24, 2.45) is 0 Å². The van der Waals surface area contributed by atoms with Gasteiger partial charge in [-0.25, -0.2) is 0 Å². The Hall–Kier alpha value is -2.20. The van der Waals surface area contributed by atoms with Gasteiger partial charge < -0.3 is 19.5 Å². The number of hydrogen-bond acceptors (Lipinski definition) is 4. The fraction of sp³-hybridized carbons (Fsp3) is 0.368. The highest BCUT2D eigenvalue weighted by atomic mass is 16.7. The first kappa shape index (κ1) is 17.2. The molecular weight excluding hydrogens is 290 g/mol. The number of phenolic OH excluding ortho intramolecular Hbond substituents is 1. The van der Waals surface area contributed by atoms with Crippen molar-refractivity contribution in [3.63, 3.8) is 0 Å². The number of aromatic hydroxyl groups is 1. The predicted molar refractivity (Wildman–Crippen MR) is 93.7 cm³/mol. The van der Waals surface area contributed by atoms with E-state index in [1.165, 1.54) is 11.1 Å². The first-order valence-electron chi connectivity index (χ1n) is 7.63. The van der Waals surface area contributed by atoms with E-state index < -0.39 is 0 Å². The maximum atomic E-state index is 9.69. The van der Waals surface area contributed by atoms with Crippen LogP contribution in [0.5, 0.6) is 11.5 Å². The molecule has 2 rings (SSSR count). The lowest BCUT2D eigenvalue weighted by atomic mass is 9.95. The molecule has 0 bridgehead atoms. The monoisotopic (exact) mass is 315 g/mol. The van der Waals surface area contributed by atoms with Crippen LogP contribution in [0.3, 0.4) is 0 Å². The summed E-state index contributed by atoms with van der Waals surface area (Å²) in [5.41, 5.74) is 5.68. The molecule has 2 aromatic carbocycles. The summed E-state index contributed by atoms with van der Waals surface area (Å²) in [6, 6.07) is 9.81. The van der Waals surface area contributed by atoms with Crippen LogP contribution in [0.15, 0.2) is 30.3 Å². The van der Waals surface area contributed by atoms with E-state index in [0.29, 0.717) is 5.75 Å². The standard InChI is InChI=1S/C19H25NO3/c1-13-8-16(21)9-14(2)17(13)10-15-6-7-19(23-12-22-5)18(11-15)20(3)4/h6-9,11,21H,10,12H2,1-5H3. The Bertz CT molecular complexity index is 657. The Morgan fingerprint density at radius 1 is 1.04 bits per heavy atom. The Morgan fingerprint density at radius 2 is 1.70 bits per heavy atom. The lowest BCUT2D eigenvalue weighted by Crippen LogP contribution is -2.12. The molecule has 0 radical (unpaired) electrons. The summed E-state index contributed by atoms with van der Waals surface area (Å²) in [4.78, 5) is 2.03. The van der Waals surface area contributed by atoms with Gasteiger partial charge in [-0.3, -0.25) is 0 Å². The molecule has 1 N–H and O–H groups in total. The molecule has 4 heteroatoms. The van der Waals surface area contributed by atoms with Crippen molar-refractivity contribution >= 4 is 5.69 Å². The van der Waals surface area contributed by atoms with Crippen LogP contribution in [-0.4, -0.2) is 33.1 Å². The van der Waals surface area contributed by atoms with E-state index >= 15 is 0 Å². The van der Waals surface area contributed by atoms with Crippen LogP contribution in [-0.2, 0) is 11.2 Å². The van der Waals surface area contributed by atoms with Crippen molar-refractivity contribution in [3.8, 4) is 11.5 Å². The summed E-state index contributed by atoms with van der Waals surface area (Å²) in [6.45, 7) is 4.30. The third kappa shape index (κ3) is 4.17. The van der Waals surface area contributed by atoms with Gasteiger partial charge in [0.2, 0.25) is 0 Å². The van der Waals surface area contributed by atoms with Crippen molar-refractivity contribution in [1.82, 2.24) is 0 Å². The molecule has 0 atom stereocenters. The van der Waals surface area contributed by atoms with E-state index in [0.717, 1.165) is 29.0 Å². The molecule has 4 nitrogen and oxygen atoms in total. The quantitative estimate of drug-likeness (QED) is 0.826. The summed E-state index contributed by atoms with van der Waals surface area (Å²) in [5.74, 6) is 1.13. The van der Waals surface area contributed by atoms with Crippen LogP contribution in [0, 0.1) is 13.8 Å². The summed E-state index contributed by atoms with van der Waals surface area (Å²) in [7, 11) is 5.60. The van der Waals surface area contributed by atoms with Gasteiger partial charge in [-0.2, -0.15) is 0 Å². The molecule has 0 fully saturated rings. The number of ether oxygens (including phenoxy) is 2. The van der Waals surface area contributed by atoms with Gasteiger partial charge in [0.1, 0.15) is 11.5 Å². The second-order valence-electron chi connectivity index (χ2n) is 5.98. The predicted octanol–water partition coefficient (Wildman–Crippen LogP) is 3.65. The number of methoxy groups -OCH3 is 1. The van der Waals surface area contributed by atoms with Crippen LogP contribution < -0.4 is 9.64 Å². The van der Waals surface area contributed by atoms with Gasteiger partial charge in [-0.1, -0.05) is 6.07 Å². The number of rotatable bonds is 6. The smallest absolute Gasteiger partial charge is 0.188 e. The van der Waals surface area contributed by atoms with E-state index in [4.69, 9.17) is 9.47 Å². The van der Waals surface area contributed by atoms with Crippen LogP contribution in [0.1, 0.15) is 22.3 Å². The van der Waals surface area contributed by atoms with Crippen molar-refractivity contribution in [2.45, 2.75) is 20.3 Å². The molecule has 0 spiro atoms. The van der Waals surface area contributed by atoms with Gasteiger partial charge in [0.25, 0.3) is 0 Å². The van der Waals surface area contributed by atoms with E-state index in [2.05, 4.69) is 12.1 Å². The fourth-order valence-corrected chi connectivity index (χ4v) is 2.72. The van der Waals surface area contributed by atoms with Crippen LogP contribution in [0.4, 0.5) is 5.69 Å². The average Bonchev–Trinajstić information content (AvgIpc) is 2.49. The second-order valence-corrected chi connectivity index (χ2v) is 5.98. The Balaban J connectivity index is 2.32. The highest BCUT2D eigenvalue weighted by molar-refractivity contribution is 5.60. The van der Waals surface area contributed by atoms with Crippen LogP contribution in [0.2, 0.25) is 0 Å². The van der Waals surface area contributed by atoms with Gasteiger partial charge in [-0.05, 0) is 66.8 Å². The van der Waals surface area contributed by atoms with Crippen molar-refractivity contribution in [1.29, 1.82) is 0 Å². The van der Waals surface area contributed by atoms with Gasteiger partial charge in [-0.15, -0.1) is 0 Å². The largest absolute Gasteiger partial charge is 0.508 e. The molecule has 0 aliphatic heterocycles. The zero-order valence-corrected chi connectivity index (χ0v) is 14.5. The molecule has 2 aromatic rings. The van der Waals surface area contributed by atoms with Crippen molar-refractivity contribution in [3.05, 3.63) is 52.6 Å². The third-order valence-electron chi connectivity index (χ3n) is 3.90. The van der Waals surface area contributed by atoms with E-state index in [-0.39, 0.29) is 6.79 Å². The number of anilines is 1. The summed E-state index contributed by atoms with van der Waals surface area (Å²) < 4.78 is 10.6. The maximum Gasteiger partial charge on any atom is 0.188 e. The molecule has 23 heavy (non-hydrogen) atoms. The van der Waals surface area contributed by atoms with Crippen LogP contribution >= 0.6 is 0 Å². The Kier molecular flexibility index (Phi) is 5.50. The third-order valence-corrected chi connectivity index (χ3v) is 3.90. The minimum Gasteiger partial charge on any atom is -0.508 e. The fourth-order valence-electron chi connectivity index (χ4n) is 2.72. The zero-order chi connectivity index (χ0) is 17.0. The summed E-state index contributed by atoms with van der Waals surface area (Å²) in [5, 5.41) is 9.69. The number of nitrogens with zero attached hydrogens (tertiary/aromatic N) is 1. The number of benzene rings is 2. The zero-order valence-electron chi connectivity index (χ0n) is 14.5. The number of aryl methyl sites for hydroxylation is 2. The SMILES string of the molecule is COCOc1ccc(Cc2c(C)cc(O)cc2C)cc1N(C)C. The highest BCUT2D eigenvalue weighted by Crippen LogP contribution is 2.30. The molecule has 0 saturated heterocycles. The normalized spacial score (nSPS) is 10.7. The van der Waals surface area contributed by atoms with Gasteiger partial charge in [0, 0.05) is 21.2 Å². The van der Waals surface area contributed by atoms with Crippen molar-refractivity contribution < 1.29 is 14.6 Å². The van der Waals surface area contributed by atoms with Crippen LogP contribution in [0.25, 0.3) is 0 Å². The van der Waals surface area contributed by atoms with Gasteiger partial charge in [0.05, 0.1) is 5.69 Å². The van der Waals surface area contributed by atoms with E-state index in [9.17, 15) is 5.11 Å². The lowest BCUT2D eigenvalue weighted by Gasteiger charge is -2.19. The summed E-state index contributed by atoms with van der Waals surface area (Å²) in [6.07, 6.45) is 0.823. The minimum atomic E-state index is 0.233. The molecule has 0 aliphatic rings. The molecule has 124 valence electrons. The molecule has 0 amide bonds. The van der Waals surface area contributed by atoms with Gasteiger partial charge >= 0.3 is 0 Å². The minimum absolute atomic E-state index is 0.233. The topological polar surface area (TPSA) is 41.9 Å². The van der Waals surface area contributed by atoms with E-state index in [1.54, 1.807) is 7.11 Å². The first-order chi connectivity index (χ1) is 10.9. The molecule has 0 saturated carbocycles. The van der Waals surface area contributed by atoms with Gasteiger partial charge in [0.15, 0.2) is 6.79 Å². The number of hydrogen-bond donors (Lipinski definition) is 1. The molecule has 0 heterocycles. The molecule has 0 aromatic heterocycles. The Labute approximate surface area is 138 Å². The highest BCUT2D eigenvalue weighted by Gasteiger charge is 2.10. The van der Waals surface area contributed by atoms with Crippen molar-refractivity contribution in [2.75, 3.05) is 32.9 Å². The average molecular weight is 315 g/mol. The lowest BCUT2D eigenvalue weighted by molar-refractivity contribution is 0.0515. The number of phenols is 1.